The van der Waals surface area contributed by atoms with Gasteiger partial charge in [0, 0.05) is 27.3 Å². The second-order valence-corrected chi connectivity index (χ2v) is 9.67. The largest absolute Gasteiger partial charge is 0.459 e. The normalized spacial score (nSPS) is 12.9. The second kappa shape index (κ2) is 10.3. The maximum Gasteiger partial charge on any atom is 0.291 e. The summed E-state index contributed by atoms with van der Waals surface area (Å²) in [6.07, 6.45) is 1.95. The topological polar surface area (TPSA) is 105 Å². The van der Waals surface area contributed by atoms with E-state index in [0.717, 1.165) is 4.90 Å². The first-order chi connectivity index (χ1) is 18.0. The molecule has 184 valence electrons. The SMILES string of the molecule is CCC(Sc1cccc(NC(=O)c2ccco2)c1)C(=O)Nc1cccc2c1C(=O)c1ccccc1C2=O. The van der Waals surface area contributed by atoms with E-state index in [4.69, 9.17) is 4.42 Å². The van der Waals surface area contributed by atoms with Gasteiger partial charge in [-0.1, -0.05) is 49.4 Å². The van der Waals surface area contributed by atoms with Crippen molar-refractivity contribution >= 4 is 46.5 Å². The zero-order valence-corrected chi connectivity index (χ0v) is 20.6. The Bertz CT molecular complexity index is 1530. The van der Waals surface area contributed by atoms with Crippen LogP contribution in [0.5, 0.6) is 0 Å². The highest BCUT2D eigenvalue weighted by Crippen LogP contribution is 2.33. The van der Waals surface area contributed by atoms with Crippen molar-refractivity contribution in [3.63, 3.8) is 0 Å². The van der Waals surface area contributed by atoms with Crippen LogP contribution in [0, 0.1) is 0 Å². The van der Waals surface area contributed by atoms with Crippen LogP contribution in [0.1, 0.15) is 55.7 Å². The van der Waals surface area contributed by atoms with Gasteiger partial charge in [0.15, 0.2) is 17.3 Å². The molecule has 0 bridgehead atoms. The fourth-order valence-corrected chi connectivity index (χ4v) is 5.21. The van der Waals surface area contributed by atoms with Gasteiger partial charge in [-0.3, -0.25) is 19.2 Å². The van der Waals surface area contributed by atoms with Gasteiger partial charge >= 0.3 is 0 Å². The Balaban J connectivity index is 1.34. The molecule has 1 atom stereocenters. The van der Waals surface area contributed by atoms with Crippen LogP contribution in [0.25, 0.3) is 0 Å². The highest BCUT2D eigenvalue weighted by Gasteiger charge is 2.32. The summed E-state index contributed by atoms with van der Waals surface area (Å²) >= 11 is 1.34. The minimum Gasteiger partial charge on any atom is -0.459 e. The van der Waals surface area contributed by atoms with E-state index in [1.165, 1.54) is 18.0 Å². The van der Waals surface area contributed by atoms with Gasteiger partial charge in [-0.25, -0.2) is 0 Å². The average Bonchev–Trinajstić information content (AvgIpc) is 3.46. The molecular weight excluding hydrogens is 488 g/mol. The summed E-state index contributed by atoms with van der Waals surface area (Å²) in [6.45, 7) is 1.89. The summed E-state index contributed by atoms with van der Waals surface area (Å²) < 4.78 is 5.13. The van der Waals surface area contributed by atoms with Crippen molar-refractivity contribution in [3.8, 4) is 0 Å². The van der Waals surface area contributed by atoms with Gasteiger partial charge in [0.1, 0.15) is 0 Å². The number of thioether (sulfide) groups is 1. The number of ketones is 2. The molecule has 37 heavy (non-hydrogen) atoms. The lowest BCUT2D eigenvalue weighted by molar-refractivity contribution is -0.115. The molecule has 1 aromatic heterocycles. The summed E-state index contributed by atoms with van der Waals surface area (Å²) in [4.78, 5) is 52.6. The van der Waals surface area contributed by atoms with Crippen molar-refractivity contribution in [1.82, 2.24) is 0 Å². The molecule has 2 N–H and O–H groups in total. The van der Waals surface area contributed by atoms with E-state index in [0.29, 0.717) is 28.9 Å². The van der Waals surface area contributed by atoms with E-state index in [9.17, 15) is 19.2 Å². The zero-order valence-electron chi connectivity index (χ0n) is 19.8. The molecule has 1 unspecified atom stereocenters. The quantitative estimate of drug-likeness (QED) is 0.268. The van der Waals surface area contributed by atoms with E-state index in [-0.39, 0.29) is 40.3 Å². The predicted molar refractivity (Wildman–Crippen MR) is 141 cm³/mol. The van der Waals surface area contributed by atoms with Gasteiger partial charge in [-0.05, 0) is 42.8 Å². The summed E-state index contributed by atoms with van der Waals surface area (Å²) in [5.74, 6) is -0.986. The van der Waals surface area contributed by atoms with Crippen LogP contribution in [0.15, 0.2) is 94.4 Å². The van der Waals surface area contributed by atoms with E-state index in [1.807, 2.05) is 13.0 Å². The van der Waals surface area contributed by atoms with Crippen LogP contribution in [-0.4, -0.2) is 28.6 Å². The molecule has 1 aliphatic carbocycles. The van der Waals surface area contributed by atoms with Gasteiger partial charge in [-0.15, -0.1) is 11.8 Å². The Morgan fingerprint density at radius 2 is 1.57 bits per heavy atom. The van der Waals surface area contributed by atoms with Gasteiger partial charge < -0.3 is 15.1 Å². The number of amides is 2. The third-order valence-corrected chi connectivity index (χ3v) is 7.35. The fourth-order valence-electron chi connectivity index (χ4n) is 4.20. The van der Waals surface area contributed by atoms with E-state index >= 15 is 0 Å². The molecule has 8 heteroatoms. The molecule has 0 saturated heterocycles. The fraction of sp³-hybridized carbons (Fsp3) is 0.103. The molecule has 4 aromatic rings. The van der Waals surface area contributed by atoms with Crippen LogP contribution >= 0.6 is 11.8 Å². The number of carbonyl (C=O) groups is 4. The maximum absolute atomic E-state index is 13.3. The van der Waals surface area contributed by atoms with Gasteiger partial charge in [-0.2, -0.15) is 0 Å². The van der Waals surface area contributed by atoms with Crippen molar-refractivity contribution in [2.75, 3.05) is 10.6 Å². The number of carbonyl (C=O) groups excluding carboxylic acids is 4. The second-order valence-electron chi connectivity index (χ2n) is 8.40. The molecule has 1 aliphatic rings. The Labute approximate surface area is 217 Å². The molecule has 0 aliphatic heterocycles. The van der Waals surface area contributed by atoms with Crippen molar-refractivity contribution < 1.29 is 23.6 Å². The molecule has 0 saturated carbocycles. The first-order valence-corrected chi connectivity index (χ1v) is 12.6. The molecular formula is C29H22N2O5S. The molecule has 0 radical (unpaired) electrons. The molecule has 2 amide bonds. The number of furan rings is 1. The van der Waals surface area contributed by atoms with Crippen molar-refractivity contribution in [3.05, 3.63) is 113 Å². The average molecular weight is 511 g/mol. The first kappa shape index (κ1) is 24.3. The zero-order chi connectivity index (χ0) is 25.9. The summed E-state index contributed by atoms with van der Waals surface area (Å²) in [6, 6.07) is 22.0. The molecule has 0 spiro atoms. The summed E-state index contributed by atoms with van der Waals surface area (Å²) in [5, 5.41) is 5.18. The Morgan fingerprint density at radius 3 is 2.30 bits per heavy atom. The van der Waals surface area contributed by atoms with Gasteiger partial charge in [0.05, 0.1) is 22.8 Å². The van der Waals surface area contributed by atoms with Crippen molar-refractivity contribution in [2.24, 2.45) is 0 Å². The van der Waals surface area contributed by atoms with E-state index < -0.39 is 5.25 Å². The Morgan fingerprint density at radius 1 is 0.838 bits per heavy atom. The molecule has 7 nitrogen and oxygen atoms in total. The lowest BCUT2D eigenvalue weighted by Gasteiger charge is -2.21. The monoisotopic (exact) mass is 510 g/mol. The van der Waals surface area contributed by atoms with Gasteiger partial charge in [0.2, 0.25) is 5.91 Å². The number of benzene rings is 3. The standard InChI is InChI=1S/C29H22N2O5S/c1-2-24(37-18-9-5-8-17(16-18)30-28(34)23-14-7-15-36-23)29(35)31-22-13-6-12-21-25(22)27(33)20-11-4-3-10-19(20)26(21)32/h3-16,24H,2H2,1H3,(H,30,34)(H,31,35). The van der Waals surface area contributed by atoms with Crippen molar-refractivity contribution in [1.29, 1.82) is 0 Å². The number of nitrogens with one attached hydrogen (secondary N) is 2. The number of hydrogen-bond acceptors (Lipinski definition) is 6. The Kier molecular flexibility index (Phi) is 6.74. The third-order valence-electron chi connectivity index (χ3n) is 5.99. The first-order valence-electron chi connectivity index (χ1n) is 11.7. The highest BCUT2D eigenvalue weighted by atomic mass is 32.2. The number of rotatable bonds is 7. The smallest absolute Gasteiger partial charge is 0.291 e. The number of anilines is 2. The molecule has 5 rings (SSSR count). The van der Waals surface area contributed by atoms with Crippen LogP contribution in [0.4, 0.5) is 11.4 Å². The minimum atomic E-state index is -0.478. The maximum atomic E-state index is 13.3. The minimum absolute atomic E-state index is 0.200. The van der Waals surface area contributed by atoms with Crippen LogP contribution in [0.2, 0.25) is 0 Å². The molecule has 0 fully saturated rings. The predicted octanol–water partition coefficient (Wildman–Crippen LogP) is 5.82. The van der Waals surface area contributed by atoms with Crippen molar-refractivity contribution in [2.45, 2.75) is 23.5 Å². The summed E-state index contributed by atoms with van der Waals surface area (Å²) in [7, 11) is 0. The summed E-state index contributed by atoms with van der Waals surface area (Å²) in [5.41, 5.74) is 2.07. The highest BCUT2D eigenvalue weighted by molar-refractivity contribution is 8.00. The number of fused-ring (bicyclic) bond motifs is 2. The van der Waals surface area contributed by atoms with E-state index in [1.54, 1.807) is 72.8 Å². The Hall–Kier alpha value is -4.43. The molecule has 1 heterocycles. The van der Waals surface area contributed by atoms with Gasteiger partial charge in [0.25, 0.3) is 5.91 Å². The lowest BCUT2D eigenvalue weighted by atomic mass is 9.83. The lowest BCUT2D eigenvalue weighted by Crippen LogP contribution is -2.28. The van der Waals surface area contributed by atoms with Crippen LogP contribution in [-0.2, 0) is 4.79 Å². The third kappa shape index (κ3) is 4.83. The van der Waals surface area contributed by atoms with Crippen LogP contribution < -0.4 is 10.6 Å². The molecule has 3 aromatic carbocycles. The number of hydrogen-bond donors (Lipinski definition) is 2. The van der Waals surface area contributed by atoms with Crippen LogP contribution in [0.3, 0.4) is 0 Å². The van der Waals surface area contributed by atoms with E-state index in [2.05, 4.69) is 10.6 Å².